The number of nitrogens with zero attached hydrogens (tertiary/aromatic N) is 2. The van der Waals surface area contributed by atoms with E-state index in [1.165, 1.54) is 6.20 Å². The van der Waals surface area contributed by atoms with Crippen molar-refractivity contribution in [3.8, 4) is 0 Å². The lowest BCUT2D eigenvalue weighted by atomic mass is 10.1. The van der Waals surface area contributed by atoms with Gasteiger partial charge >= 0.3 is 0 Å². The molecule has 1 heterocycles. The first kappa shape index (κ1) is 13.5. The highest BCUT2D eigenvalue weighted by molar-refractivity contribution is 7.80. The number of rotatable bonds is 3. The summed E-state index contributed by atoms with van der Waals surface area (Å²) in [6.45, 7) is 0.582. The second-order valence-electron chi connectivity index (χ2n) is 4.74. The van der Waals surface area contributed by atoms with Gasteiger partial charge < -0.3 is 5.73 Å². The van der Waals surface area contributed by atoms with Gasteiger partial charge in [-0.1, -0.05) is 48.6 Å². The molecule has 0 saturated heterocycles. The lowest BCUT2D eigenvalue weighted by Crippen LogP contribution is -2.13. The van der Waals surface area contributed by atoms with Crippen LogP contribution in [-0.2, 0) is 6.54 Å². The normalized spacial score (nSPS) is 10.7. The van der Waals surface area contributed by atoms with E-state index < -0.39 is 0 Å². The van der Waals surface area contributed by atoms with Crippen LogP contribution in [0.2, 0.25) is 0 Å². The third-order valence-corrected chi connectivity index (χ3v) is 3.57. The molecule has 21 heavy (non-hydrogen) atoms. The van der Waals surface area contributed by atoms with Gasteiger partial charge in [0.2, 0.25) is 5.43 Å². The Morgan fingerprint density at radius 3 is 2.57 bits per heavy atom. The zero-order chi connectivity index (χ0) is 14.8. The molecule has 104 valence electrons. The van der Waals surface area contributed by atoms with Gasteiger partial charge in [-0.15, -0.1) is 0 Å². The van der Waals surface area contributed by atoms with E-state index in [0.717, 1.165) is 16.6 Å². The van der Waals surface area contributed by atoms with E-state index in [1.807, 2.05) is 53.2 Å². The summed E-state index contributed by atoms with van der Waals surface area (Å²) in [6, 6.07) is 15.2. The molecule has 1 aromatic heterocycles. The van der Waals surface area contributed by atoms with Gasteiger partial charge in [0.05, 0.1) is 18.3 Å². The molecular weight excluding hydrogens is 282 g/mol. The van der Waals surface area contributed by atoms with Gasteiger partial charge in [0.25, 0.3) is 0 Å². The number of hydrogen-bond acceptors (Lipinski definition) is 3. The standard InChI is InChI=1S/C16H13N3OS/c17-16(21)12-7-5-11(6-8-12)10-19-14-4-2-1-3-13(14)15(20)9-18-19/h1-9H,10H2,(H2,17,21). The minimum absolute atomic E-state index is 0.0642. The second-order valence-corrected chi connectivity index (χ2v) is 5.18. The minimum Gasteiger partial charge on any atom is -0.389 e. The number of aromatic nitrogens is 2. The molecule has 2 N–H and O–H groups in total. The van der Waals surface area contributed by atoms with Gasteiger partial charge in [-0.2, -0.15) is 5.10 Å². The van der Waals surface area contributed by atoms with Crippen molar-refractivity contribution in [1.29, 1.82) is 0 Å². The molecular formula is C16H13N3OS. The first-order valence-electron chi connectivity index (χ1n) is 6.49. The van der Waals surface area contributed by atoms with E-state index >= 15 is 0 Å². The van der Waals surface area contributed by atoms with Crippen LogP contribution in [0.5, 0.6) is 0 Å². The first-order chi connectivity index (χ1) is 10.1. The summed E-state index contributed by atoms with van der Waals surface area (Å²) >= 11 is 4.94. The van der Waals surface area contributed by atoms with Gasteiger partial charge in [-0.05, 0) is 17.7 Å². The predicted molar refractivity (Wildman–Crippen MR) is 87.4 cm³/mol. The summed E-state index contributed by atoms with van der Waals surface area (Å²) in [7, 11) is 0. The maximum Gasteiger partial charge on any atom is 0.207 e. The Labute approximate surface area is 126 Å². The molecule has 0 spiro atoms. The molecule has 0 amide bonds. The highest BCUT2D eigenvalue weighted by Crippen LogP contribution is 2.11. The molecule has 3 rings (SSSR count). The molecule has 4 nitrogen and oxygen atoms in total. The fourth-order valence-corrected chi connectivity index (χ4v) is 2.37. The van der Waals surface area contributed by atoms with Gasteiger partial charge in [-0.25, -0.2) is 0 Å². The summed E-state index contributed by atoms with van der Waals surface area (Å²) in [5, 5.41) is 4.89. The molecule has 0 aliphatic heterocycles. The number of thiocarbonyl (C=S) groups is 1. The highest BCUT2D eigenvalue weighted by atomic mass is 32.1. The smallest absolute Gasteiger partial charge is 0.207 e. The van der Waals surface area contributed by atoms with Crippen LogP contribution < -0.4 is 11.2 Å². The maximum atomic E-state index is 11.8. The summed E-state index contributed by atoms with van der Waals surface area (Å²) in [5.74, 6) is 0. The fraction of sp³-hybridized carbons (Fsp3) is 0.0625. The Kier molecular flexibility index (Phi) is 3.50. The quantitative estimate of drug-likeness (QED) is 0.752. The summed E-state index contributed by atoms with van der Waals surface area (Å²) in [5.41, 5.74) is 8.25. The molecule has 0 bridgehead atoms. The van der Waals surface area contributed by atoms with Gasteiger partial charge in [0.15, 0.2) is 0 Å². The van der Waals surface area contributed by atoms with Crippen molar-refractivity contribution in [3.05, 3.63) is 76.1 Å². The third kappa shape index (κ3) is 2.68. The minimum atomic E-state index is -0.0642. The van der Waals surface area contributed by atoms with Crippen LogP contribution in [-0.4, -0.2) is 14.8 Å². The van der Waals surface area contributed by atoms with Crippen molar-refractivity contribution in [3.63, 3.8) is 0 Å². The molecule has 0 radical (unpaired) electrons. The van der Waals surface area contributed by atoms with Crippen LogP contribution in [0.1, 0.15) is 11.1 Å². The SMILES string of the molecule is NC(=S)c1ccc(Cn2ncc(=O)c3ccccc32)cc1. The van der Waals surface area contributed by atoms with E-state index in [-0.39, 0.29) is 5.43 Å². The Morgan fingerprint density at radius 1 is 1.14 bits per heavy atom. The predicted octanol–water partition coefficient (Wildman–Crippen LogP) is 2.08. The van der Waals surface area contributed by atoms with E-state index in [0.29, 0.717) is 16.9 Å². The second kappa shape index (κ2) is 5.46. The number of nitrogens with two attached hydrogens (primary N) is 1. The molecule has 0 atom stereocenters. The average Bonchev–Trinajstić information content (AvgIpc) is 2.51. The Morgan fingerprint density at radius 2 is 1.86 bits per heavy atom. The molecule has 0 saturated carbocycles. The number of para-hydroxylation sites is 1. The van der Waals surface area contributed by atoms with Crippen LogP contribution in [0, 0.1) is 0 Å². The molecule has 0 aliphatic rings. The Hall–Kier alpha value is -2.53. The average molecular weight is 295 g/mol. The first-order valence-corrected chi connectivity index (χ1v) is 6.89. The van der Waals surface area contributed by atoms with Crippen molar-refractivity contribution >= 4 is 28.1 Å². The summed E-state index contributed by atoms with van der Waals surface area (Å²) in [6.07, 6.45) is 1.35. The molecule has 5 heteroatoms. The van der Waals surface area contributed by atoms with E-state index in [1.54, 1.807) is 0 Å². The van der Waals surface area contributed by atoms with Crippen LogP contribution in [0.4, 0.5) is 0 Å². The van der Waals surface area contributed by atoms with Crippen molar-refractivity contribution in [2.75, 3.05) is 0 Å². The van der Waals surface area contributed by atoms with Gasteiger partial charge in [-0.3, -0.25) is 9.48 Å². The van der Waals surface area contributed by atoms with E-state index in [4.69, 9.17) is 18.0 Å². The van der Waals surface area contributed by atoms with Gasteiger partial charge in [0, 0.05) is 10.9 Å². The van der Waals surface area contributed by atoms with Crippen LogP contribution in [0.25, 0.3) is 10.9 Å². The summed E-state index contributed by atoms with van der Waals surface area (Å²) in [4.78, 5) is 12.2. The summed E-state index contributed by atoms with van der Waals surface area (Å²) < 4.78 is 1.81. The van der Waals surface area contributed by atoms with Crippen molar-refractivity contribution in [2.45, 2.75) is 6.54 Å². The zero-order valence-corrected chi connectivity index (χ0v) is 12.0. The largest absolute Gasteiger partial charge is 0.389 e. The molecule has 0 fully saturated rings. The van der Waals surface area contributed by atoms with Crippen LogP contribution in [0.15, 0.2) is 59.5 Å². The lowest BCUT2D eigenvalue weighted by Gasteiger charge is -2.09. The fourth-order valence-electron chi connectivity index (χ4n) is 2.23. The van der Waals surface area contributed by atoms with E-state index in [2.05, 4.69) is 5.10 Å². The third-order valence-electron chi connectivity index (χ3n) is 3.33. The molecule has 0 unspecified atom stereocenters. The molecule has 3 aromatic rings. The number of fused-ring (bicyclic) bond motifs is 1. The van der Waals surface area contributed by atoms with Crippen molar-refractivity contribution < 1.29 is 0 Å². The van der Waals surface area contributed by atoms with Crippen molar-refractivity contribution in [2.24, 2.45) is 5.73 Å². The topological polar surface area (TPSA) is 60.9 Å². The zero-order valence-electron chi connectivity index (χ0n) is 11.2. The lowest BCUT2D eigenvalue weighted by molar-refractivity contribution is 0.695. The molecule has 2 aromatic carbocycles. The maximum absolute atomic E-state index is 11.8. The highest BCUT2D eigenvalue weighted by Gasteiger charge is 2.04. The van der Waals surface area contributed by atoms with Crippen LogP contribution in [0.3, 0.4) is 0 Å². The Bertz CT molecular complexity index is 869. The monoisotopic (exact) mass is 295 g/mol. The molecule has 0 aliphatic carbocycles. The number of hydrogen-bond donors (Lipinski definition) is 1. The van der Waals surface area contributed by atoms with Crippen molar-refractivity contribution in [1.82, 2.24) is 9.78 Å². The van der Waals surface area contributed by atoms with Gasteiger partial charge in [0.1, 0.15) is 4.99 Å². The number of benzene rings is 2. The Balaban J connectivity index is 2.00. The van der Waals surface area contributed by atoms with Crippen LogP contribution >= 0.6 is 12.2 Å². The van der Waals surface area contributed by atoms with E-state index in [9.17, 15) is 4.79 Å².